The number of nitrogens with zero attached hydrogens (tertiary/aromatic N) is 1. The number of rotatable bonds is 7. The molecule has 3 nitrogen and oxygen atoms in total. The van der Waals surface area contributed by atoms with Crippen molar-refractivity contribution in [1.82, 2.24) is 0 Å². The van der Waals surface area contributed by atoms with E-state index in [2.05, 4.69) is 18.5 Å². The zero-order valence-corrected chi connectivity index (χ0v) is 8.83. The van der Waals surface area contributed by atoms with Crippen LogP contribution in [0.25, 0.3) is 0 Å². The SMILES string of the molecule is C=CCCC(CCCCC)=NC(=O)O. The minimum atomic E-state index is -1.08. The molecule has 0 rings (SSSR count). The van der Waals surface area contributed by atoms with Crippen molar-refractivity contribution in [3.05, 3.63) is 12.7 Å². The smallest absolute Gasteiger partial charge is 0.431 e. The molecule has 0 unspecified atom stereocenters. The number of hydrogen-bond acceptors (Lipinski definition) is 1. The molecular formula is C11H19NO2. The van der Waals surface area contributed by atoms with Crippen LogP contribution in [0.15, 0.2) is 17.6 Å². The van der Waals surface area contributed by atoms with Gasteiger partial charge < -0.3 is 5.11 Å². The van der Waals surface area contributed by atoms with Gasteiger partial charge in [-0.1, -0.05) is 25.8 Å². The van der Waals surface area contributed by atoms with Crippen molar-refractivity contribution in [2.75, 3.05) is 0 Å². The fourth-order valence-electron chi connectivity index (χ4n) is 1.22. The normalized spacial score (nSPS) is 11.4. The van der Waals surface area contributed by atoms with Crippen LogP contribution in [0.3, 0.4) is 0 Å². The quantitative estimate of drug-likeness (QED) is 0.384. The molecule has 0 bridgehead atoms. The van der Waals surface area contributed by atoms with E-state index < -0.39 is 6.09 Å². The van der Waals surface area contributed by atoms with Gasteiger partial charge in [0.05, 0.1) is 0 Å². The summed E-state index contributed by atoms with van der Waals surface area (Å²) in [5.41, 5.74) is 0.783. The number of carboxylic acid groups (broad SMARTS) is 1. The molecule has 1 amide bonds. The molecule has 0 aromatic carbocycles. The van der Waals surface area contributed by atoms with E-state index in [0.29, 0.717) is 0 Å². The summed E-state index contributed by atoms with van der Waals surface area (Å²) in [5, 5.41) is 8.53. The van der Waals surface area contributed by atoms with Crippen LogP contribution in [-0.4, -0.2) is 16.9 Å². The summed E-state index contributed by atoms with van der Waals surface area (Å²) in [6.07, 6.45) is 6.33. The summed E-state index contributed by atoms with van der Waals surface area (Å²) in [7, 11) is 0. The lowest BCUT2D eigenvalue weighted by Gasteiger charge is -2.02. The molecule has 3 heteroatoms. The van der Waals surface area contributed by atoms with Gasteiger partial charge in [0.2, 0.25) is 0 Å². The van der Waals surface area contributed by atoms with Gasteiger partial charge in [0.25, 0.3) is 0 Å². The highest BCUT2D eigenvalue weighted by Crippen LogP contribution is 2.06. The second kappa shape index (κ2) is 8.48. The molecule has 1 N–H and O–H groups in total. The lowest BCUT2D eigenvalue weighted by atomic mass is 10.1. The van der Waals surface area contributed by atoms with Gasteiger partial charge in [-0.25, -0.2) is 4.79 Å². The standard InChI is InChI=1S/C11H19NO2/c1-3-5-7-9-10(8-6-4-2)12-11(13)14/h4H,2-3,5-9H2,1H3,(H,13,14). The van der Waals surface area contributed by atoms with Crippen molar-refractivity contribution in [1.29, 1.82) is 0 Å². The Morgan fingerprint density at radius 1 is 1.43 bits per heavy atom. The summed E-state index contributed by atoms with van der Waals surface area (Å²) >= 11 is 0. The van der Waals surface area contributed by atoms with Crippen molar-refractivity contribution < 1.29 is 9.90 Å². The van der Waals surface area contributed by atoms with Crippen molar-refractivity contribution in [3.63, 3.8) is 0 Å². The molecular weight excluding hydrogens is 178 g/mol. The average molecular weight is 197 g/mol. The summed E-state index contributed by atoms with van der Waals surface area (Å²) < 4.78 is 0. The molecule has 0 spiro atoms. The van der Waals surface area contributed by atoms with E-state index in [1.165, 1.54) is 0 Å². The van der Waals surface area contributed by atoms with E-state index in [1.807, 2.05) is 0 Å². The summed E-state index contributed by atoms with van der Waals surface area (Å²) in [6.45, 7) is 5.73. The number of carbonyl (C=O) groups is 1. The van der Waals surface area contributed by atoms with Gasteiger partial charge in [-0.05, 0) is 25.7 Å². The van der Waals surface area contributed by atoms with Crippen molar-refractivity contribution in [2.45, 2.75) is 45.4 Å². The first-order valence-corrected chi connectivity index (χ1v) is 5.11. The molecule has 0 saturated carbocycles. The summed E-state index contributed by atoms with van der Waals surface area (Å²) in [5.74, 6) is 0. The first-order chi connectivity index (χ1) is 6.70. The predicted molar refractivity (Wildman–Crippen MR) is 59.0 cm³/mol. The van der Waals surface area contributed by atoms with Gasteiger partial charge in [-0.3, -0.25) is 0 Å². The molecule has 0 aliphatic heterocycles. The van der Waals surface area contributed by atoms with Crippen molar-refractivity contribution >= 4 is 11.8 Å². The van der Waals surface area contributed by atoms with Crippen molar-refractivity contribution in [2.24, 2.45) is 4.99 Å². The summed E-state index contributed by atoms with van der Waals surface area (Å²) in [4.78, 5) is 14.0. The number of hydrogen-bond donors (Lipinski definition) is 1. The van der Waals surface area contributed by atoms with E-state index in [1.54, 1.807) is 6.08 Å². The minimum Gasteiger partial charge on any atom is -0.463 e. The van der Waals surface area contributed by atoms with Crippen LogP contribution in [0.2, 0.25) is 0 Å². The Labute approximate surface area is 85.6 Å². The van der Waals surface area contributed by atoms with E-state index in [0.717, 1.165) is 44.2 Å². The van der Waals surface area contributed by atoms with Crippen molar-refractivity contribution in [3.8, 4) is 0 Å². The largest absolute Gasteiger partial charge is 0.463 e. The Kier molecular flexibility index (Phi) is 7.80. The topological polar surface area (TPSA) is 49.7 Å². The van der Waals surface area contributed by atoms with Crippen LogP contribution in [0.4, 0.5) is 4.79 Å². The number of allylic oxidation sites excluding steroid dienone is 1. The Morgan fingerprint density at radius 2 is 2.14 bits per heavy atom. The number of amides is 1. The third kappa shape index (κ3) is 7.53. The van der Waals surface area contributed by atoms with Crippen LogP contribution in [0.1, 0.15) is 45.4 Å². The zero-order valence-electron chi connectivity index (χ0n) is 8.83. The highest BCUT2D eigenvalue weighted by atomic mass is 16.4. The second-order valence-electron chi connectivity index (χ2n) is 3.25. The number of unbranched alkanes of at least 4 members (excludes halogenated alkanes) is 2. The van der Waals surface area contributed by atoms with E-state index in [4.69, 9.17) is 5.11 Å². The Morgan fingerprint density at radius 3 is 2.64 bits per heavy atom. The minimum absolute atomic E-state index is 0.722. The average Bonchev–Trinajstić information content (AvgIpc) is 2.13. The molecule has 0 atom stereocenters. The molecule has 14 heavy (non-hydrogen) atoms. The Balaban J connectivity index is 3.97. The number of aliphatic imine (C=N–C) groups is 1. The van der Waals surface area contributed by atoms with Crippen LogP contribution >= 0.6 is 0 Å². The zero-order chi connectivity index (χ0) is 10.8. The molecule has 0 heterocycles. The lowest BCUT2D eigenvalue weighted by Crippen LogP contribution is -2.02. The predicted octanol–water partition coefficient (Wildman–Crippen LogP) is 3.65. The van der Waals surface area contributed by atoms with Gasteiger partial charge in [0.15, 0.2) is 0 Å². The third-order valence-corrected chi connectivity index (χ3v) is 1.96. The second-order valence-corrected chi connectivity index (χ2v) is 3.25. The fourth-order valence-corrected chi connectivity index (χ4v) is 1.22. The van der Waals surface area contributed by atoms with Crippen LogP contribution in [0.5, 0.6) is 0 Å². The highest BCUT2D eigenvalue weighted by molar-refractivity contribution is 5.92. The highest BCUT2D eigenvalue weighted by Gasteiger charge is 2.01. The van der Waals surface area contributed by atoms with Crippen LogP contribution < -0.4 is 0 Å². The third-order valence-electron chi connectivity index (χ3n) is 1.96. The van der Waals surface area contributed by atoms with Gasteiger partial charge in [-0.15, -0.1) is 6.58 Å². The fraction of sp³-hybridized carbons (Fsp3) is 0.636. The van der Waals surface area contributed by atoms with Crippen LogP contribution in [0, 0.1) is 0 Å². The van der Waals surface area contributed by atoms with Crippen LogP contribution in [-0.2, 0) is 0 Å². The molecule has 0 aromatic rings. The monoisotopic (exact) mass is 197 g/mol. The lowest BCUT2D eigenvalue weighted by molar-refractivity contribution is 0.205. The van der Waals surface area contributed by atoms with Gasteiger partial charge >= 0.3 is 6.09 Å². The van der Waals surface area contributed by atoms with Gasteiger partial charge in [0.1, 0.15) is 0 Å². The molecule has 0 aromatic heterocycles. The van der Waals surface area contributed by atoms with E-state index in [9.17, 15) is 4.79 Å². The first-order valence-electron chi connectivity index (χ1n) is 5.11. The molecule has 0 fully saturated rings. The molecule has 80 valence electrons. The maximum Gasteiger partial charge on any atom is 0.431 e. The first kappa shape index (κ1) is 12.9. The Hall–Kier alpha value is -1.12. The maximum absolute atomic E-state index is 10.4. The molecule has 0 aliphatic rings. The maximum atomic E-state index is 10.4. The molecule has 0 saturated heterocycles. The Bertz CT molecular complexity index is 209. The van der Waals surface area contributed by atoms with E-state index in [-0.39, 0.29) is 0 Å². The molecule has 0 radical (unpaired) electrons. The van der Waals surface area contributed by atoms with Gasteiger partial charge in [0, 0.05) is 5.71 Å². The molecule has 0 aliphatic carbocycles. The van der Waals surface area contributed by atoms with E-state index >= 15 is 0 Å². The van der Waals surface area contributed by atoms with Gasteiger partial charge in [-0.2, -0.15) is 4.99 Å². The summed E-state index contributed by atoms with van der Waals surface area (Å²) in [6, 6.07) is 0.